The Morgan fingerprint density at radius 3 is 2.34 bits per heavy atom. The molecule has 2 saturated heterocycles. The summed E-state index contributed by atoms with van der Waals surface area (Å²) in [6.45, 7) is 8.00. The predicted molar refractivity (Wildman–Crippen MR) is 166 cm³/mol. The highest BCUT2D eigenvalue weighted by molar-refractivity contribution is 5.89. The van der Waals surface area contributed by atoms with Crippen LogP contribution in [0, 0.1) is 18.3 Å². The van der Waals surface area contributed by atoms with Crippen LogP contribution in [-0.2, 0) is 35.6 Å². The fourth-order valence-electron chi connectivity index (χ4n) is 6.84. The number of benzene rings is 2. The minimum Gasteiger partial charge on any atom is -0.496 e. The maximum Gasteiger partial charge on any atom is 0.416 e. The second-order valence-corrected chi connectivity index (χ2v) is 13.4. The summed E-state index contributed by atoms with van der Waals surface area (Å²) in [5.74, 6) is -1.82. The molecule has 12 heteroatoms. The number of likely N-dealkylation sites (tertiary alicyclic amines) is 1. The molecule has 4 rings (SSSR count). The van der Waals surface area contributed by atoms with Crippen LogP contribution >= 0.6 is 0 Å². The lowest BCUT2D eigenvalue weighted by atomic mass is 9.73. The molecule has 260 valence electrons. The molecule has 1 amide bonds. The van der Waals surface area contributed by atoms with Crippen LogP contribution in [0.25, 0.3) is 0 Å². The molecule has 6 atom stereocenters. The minimum atomic E-state index is -4.73. The molecule has 2 fully saturated rings. The van der Waals surface area contributed by atoms with E-state index in [1.165, 1.54) is 12.0 Å². The SMILES string of the molecule is CCOC(=O)[C@@H]1[C@@H](C(C)(C)C)[C@H](OC[C@](O)(CO)c2cc(C(F)(F)F)ccc2OC)[C@H](c2ccccc2C)N1C(=O)[C@@H]1CCCCO1. The van der Waals surface area contributed by atoms with Gasteiger partial charge in [0.2, 0.25) is 0 Å². The number of esters is 1. The van der Waals surface area contributed by atoms with E-state index in [2.05, 4.69) is 0 Å². The van der Waals surface area contributed by atoms with E-state index in [4.69, 9.17) is 18.9 Å². The molecule has 2 aromatic carbocycles. The molecular formula is C35H46F3NO8. The molecule has 2 N–H and O–H groups in total. The van der Waals surface area contributed by atoms with Gasteiger partial charge in [-0.05, 0) is 67.9 Å². The molecule has 2 aromatic rings. The highest BCUT2D eigenvalue weighted by Crippen LogP contribution is 2.51. The van der Waals surface area contributed by atoms with Crippen LogP contribution in [0.3, 0.4) is 0 Å². The average Bonchev–Trinajstić information content (AvgIpc) is 3.39. The van der Waals surface area contributed by atoms with E-state index in [1.54, 1.807) is 13.0 Å². The van der Waals surface area contributed by atoms with Crippen LogP contribution in [0.1, 0.15) is 75.3 Å². The van der Waals surface area contributed by atoms with Gasteiger partial charge >= 0.3 is 12.1 Å². The molecule has 2 heterocycles. The lowest BCUT2D eigenvalue weighted by molar-refractivity contribution is -0.162. The van der Waals surface area contributed by atoms with Crippen molar-refractivity contribution in [3.05, 3.63) is 64.7 Å². The molecule has 0 radical (unpaired) electrons. The zero-order valence-corrected chi connectivity index (χ0v) is 27.8. The van der Waals surface area contributed by atoms with Crippen molar-refractivity contribution in [1.82, 2.24) is 4.90 Å². The van der Waals surface area contributed by atoms with Crippen LogP contribution in [0.15, 0.2) is 42.5 Å². The fraction of sp³-hybridized carbons (Fsp3) is 0.600. The number of aliphatic hydroxyl groups excluding tert-OH is 1. The van der Waals surface area contributed by atoms with Gasteiger partial charge in [0.05, 0.1) is 44.6 Å². The van der Waals surface area contributed by atoms with Gasteiger partial charge in [-0.15, -0.1) is 0 Å². The van der Waals surface area contributed by atoms with Crippen LogP contribution in [0.2, 0.25) is 0 Å². The number of methoxy groups -OCH3 is 1. The number of hydrogen-bond acceptors (Lipinski definition) is 8. The second kappa shape index (κ2) is 14.5. The maximum atomic E-state index is 14.5. The van der Waals surface area contributed by atoms with Crippen LogP contribution in [-0.4, -0.2) is 78.8 Å². The smallest absolute Gasteiger partial charge is 0.416 e. The Morgan fingerprint density at radius 1 is 1.09 bits per heavy atom. The first-order valence-electron chi connectivity index (χ1n) is 16.0. The molecular weight excluding hydrogens is 619 g/mol. The lowest BCUT2D eigenvalue weighted by Gasteiger charge is -2.37. The maximum absolute atomic E-state index is 14.5. The van der Waals surface area contributed by atoms with Gasteiger partial charge in [0, 0.05) is 18.1 Å². The summed E-state index contributed by atoms with van der Waals surface area (Å²) in [7, 11) is 1.24. The zero-order valence-electron chi connectivity index (χ0n) is 27.8. The predicted octanol–water partition coefficient (Wildman–Crippen LogP) is 5.33. The van der Waals surface area contributed by atoms with Gasteiger partial charge in [0.15, 0.2) is 0 Å². The van der Waals surface area contributed by atoms with E-state index in [-0.39, 0.29) is 17.9 Å². The monoisotopic (exact) mass is 665 g/mol. The van der Waals surface area contributed by atoms with Gasteiger partial charge in [-0.3, -0.25) is 4.79 Å². The molecule has 0 bridgehead atoms. The molecule has 0 unspecified atom stereocenters. The number of carbonyl (C=O) groups excluding carboxylic acids is 2. The van der Waals surface area contributed by atoms with E-state index < -0.39 is 78.1 Å². The largest absolute Gasteiger partial charge is 0.496 e. The Kier molecular flexibility index (Phi) is 11.3. The quantitative estimate of drug-likeness (QED) is 0.328. The average molecular weight is 666 g/mol. The first kappa shape index (κ1) is 36.6. The number of amides is 1. The highest BCUT2D eigenvalue weighted by Gasteiger charge is 2.60. The number of ether oxygens (including phenoxy) is 4. The molecule has 0 aliphatic carbocycles. The van der Waals surface area contributed by atoms with Crippen LogP contribution in [0.5, 0.6) is 5.75 Å². The van der Waals surface area contributed by atoms with E-state index in [9.17, 15) is 33.0 Å². The summed E-state index contributed by atoms with van der Waals surface area (Å²) in [6, 6.07) is 7.98. The molecule has 9 nitrogen and oxygen atoms in total. The summed E-state index contributed by atoms with van der Waals surface area (Å²) in [5, 5.41) is 22.3. The summed E-state index contributed by atoms with van der Waals surface area (Å²) in [5.41, 5.74) is -2.92. The fourth-order valence-corrected chi connectivity index (χ4v) is 6.84. The summed E-state index contributed by atoms with van der Waals surface area (Å²) in [4.78, 5) is 29.8. The standard InChI is InChI=1S/C35H46F3NO8/c1-7-45-32(42)29-27(33(3,4)5)30(47-20-34(43,19-40)24-18-22(35(36,37)38)15-16-25(24)44-6)28(23-13-9-8-12-21(23)2)39(29)31(41)26-14-10-11-17-46-26/h8-9,12-13,15-16,18,26-30,40,43H,7,10-11,14,17,19-20H2,1-6H3/t26-,27+,28-,29-,30-,34+/m0/s1. The molecule has 2 aliphatic heterocycles. The topological polar surface area (TPSA) is 115 Å². The molecule has 0 spiro atoms. The number of carbonyl (C=O) groups is 2. The summed E-state index contributed by atoms with van der Waals surface area (Å²) in [6.07, 6.45) is -4.46. The van der Waals surface area contributed by atoms with Crippen molar-refractivity contribution in [3.8, 4) is 5.75 Å². The van der Waals surface area contributed by atoms with Gasteiger partial charge in [-0.1, -0.05) is 45.0 Å². The van der Waals surface area contributed by atoms with E-state index >= 15 is 0 Å². The van der Waals surface area contributed by atoms with Crippen molar-refractivity contribution in [1.29, 1.82) is 0 Å². The van der Waals surface area contributed by atoms with Crippen molar-refractivity contribution in [2.24, 2.45) is 11.3 Å². The number of aliphatic hydroxyl groups is 2. The third kappa shape index (κ3) is 7.61. The number of halogens is 3. The second-order valence-electron chi connectivity index (χ2n) is 13.4. The zero-order chi connectivity index (χ0) is 34.7. The van der Waals surface area contributed by atoms with Crippen molar-refractivity contribution in [2.45, 2.75) is 90.0 Å². The van der Waals surface area contributed by atoms with Gasteiger partial charge in [-0.25, -0.2) is 4.79 Å². The first-order valence-corrected chi connectivity index (χ1v) is 16.0. The Bertz CT molecular complexity index is 1400. The Balaban J connectivity index is 1.89. The number of alkyl halides is 3. The normalized spacial score (nSPS) is 24.9. The van der Waals surface area contributed by atoms with Crippen molar-refractivity contribution >= 4 is 11.9 Å². The molecule has 0 saturated carbocycles. The van der Waals surface area contributed by atoms with Gasteiger partial charge in [0.25, 0.3) is 5.91 Å². The third-order valence-electron chi connectivity index (χ3n) is 9.15. The molecule has 47 heavy (non-hydrogen) atoms. The number of aryl methyl sites for hydroxylation is 1. The van der Waals surface area contributed by atoms with Gasteiger partial charge in [0.1, 0.15) is 23.5 Å². The van der Waals surface area contributed by atoms with Crippen molar-refractivity contribution in [2.75, 3.05) is 33.5 Å². The molecule has 0 aromatic heterocycles. The summed E-state index contributed by atoms with van der Waals surface area (Å²) >= 11 is 0. The Morgan fingerprint density at radius 2 is 1.79 bits per heavy atom. The van der Waals surface area contributed by atoms with E-state index in [0.29, 0.717) is 18.6 Å². The Hall–Kier alpha value is -3.19. The first-order chi connectivity index (χ1) is 22.1. The van der Waals surface area contributed by atoms with E-state index in [0.717, 1.165) is 36.6 Å². The third-order valence-corrected chi connectivity index (χ3v) is 9.15. The van der Waals surface area contributed by atoms with Crippen molar-refractivity contribution in [3.63, 3.8) is 0 Å². The van der Waals surface area contributed by atoms with Gasteiger partial charge < -0.3 is 34.1 Å². The highest BCUT2D eigenvalue weighted by atomic mass is 19.4. The van der Waals surface area contributed by atoms with Crippen molar-refractivity contribution < 1.29 is 51.9 Å². The van der Waals surface area contributed by atoms with Crippen LogP contribution < -0.4 is 4.74 Å². The minimum absolute atomic E-state index is 0.0638. The Labute approximate surface area is 273 Å². The number of nitrogens with zero attached hydrogens (tertiary/aromatic N) is 1. The number of rotatable bonds is 10. The lowest BCUT2D eigenvalue weighted by Crippen LogP contribution is -2.51. The number of hydrogen-bond donors (Lipinski definition) is 2. The molecule has 2 aliphatic rings. The van der Waals surface area contributed by atoms with Crippen LogP contribution in [0.4, 0.5) is 13.2 Å². The van der Waals surface area contributed by atoms with E-state index in [1.807, 2.05) is 45.9 Å². The summed E-state index contributed by atoms with van der Waals surface area (Å²) < 4.78 is 64.5. The van der Waals surface area contributed by atoms with Gasteiger partial charge in [-0.2, -0.15) is 13.2 Å².